The zero-order chi connectivity index (χ0) is 20.5. The molecule has 8 nitrogen and oxygen atoms in total. The Bertz CT molecular complexity index is 1070. The Balaban J connectivity index is 0.00000256. The van der Waals surface area contributed by atoms with E-state index in [0.717, 1.165) is 34.0 Å². The zero-order valence-electron chi connectivity index (χ0n) is 17.0. The average molecular weight is 430 g/mol. The van der Waals surface area contributed by atoms with Crippen LogP contribution < -0.4 is 15.5 Å². The third kappa shape index (κ3) is 4.38. The summed E-state index contributed by atoms with van der Waals surface area (Å²) < 4.78 is 15.0. The molecule has 0 spiro atoms. The number of nitrogens with one attached hydrogen (secondary N) is 2. The SMILES string of the molecule is Cc1nc(NCc2cnn(Cc3cncc(F)c3)c2)cc2c1NC(=O)[C@H](C)N2C.S. The molecule has 0 bridgehead atoms. The molecule has 0 fully saturated rings. The van der Waals surface area contributed by atoms with Gasteiger partial charge in [-0.05, 0) is 25.5 Å². The van der Waals surface area contributed by atoms with E-state index >= 15 is 0 Å². The summed E-state index contributed by atoms with van der Waals surface area (Å²) in [6, 6.07) is 3.14. The maximum atomic E-state index is 13.3. The molecule has 1 aliphatic rings. The fourth-order valence-electron chi connectivity index (χ4n) is 3.30. The third-order valence-corrected chi connectivity index (χ3v) is 5.03. The van der Waals surface area contributed by atoms with Gasteiger partial charge in [0.25, 0.3) is 0 Å². The number of amides is 1. The van der Waals surface area contributed by atoms with E-state index < -0.39 is 0 Å². The number of hydrogen-bond donors (Lipinski definition) is 2. The number of rotatable bonds is 5. The lowest BCUT2D eigenvalue weighted by Crippen LogP contribution is -2.44. The predicted molar refractivity (Wildman–Crippen MR) is 119 cm³/mol. The minimum atomic E-state index is -0.360. The molecule has 3 aromatic heterocycles. The zero-order valence-corrected chi connectivity index (χ0v) is 18.0. The Morgan fingerprint density at radius 1 is 1.23 bits per heavy atom. The summed E-state index contributed by atoms with van der Waals surface area (Å²) in [5, 5.41) is 10.6. The quantitative estimate of drug-likeness (QED) is 0.648. The average Bonchev–Trinajstić information content (AvgIpc) is 3.13. The number of aromatic nitrogens is 4. The molecule has 2 N–H and O–H groups in total. The number of carbonyl (C=O) groups excluding carboxylic acids is 1. The van der Waals surface area contributed by atoms with Gasteiger partial charge in [-0.15, -0.1) is 0 Å². The molecule has 30 heavy (non-hydrogen) atoms. The molecule has 0 radical (unpaired) electrons. The lowest BCUT2D eigenvalue weighted by Gasteiger charge is -2.34. The Morgan fingerprint density at radius 2 is 2.03 bits per heavy atom. The van der Waals surface area contributed by atoms with Crippen LogP contribution in [-0.4, -0.2) is 38.7 Å². The van der Waals surface area contributed by atoms with Crippen molar-refractivity contribution in [1.82, 2.24) is 19.7 Å². The van der Waals surface area contributed by atoms with Crippen LogP contribution in [0.15, 0.2) is 36.9 Å². The number of hydrogen-bond acceptors (Lipinski definition) is 6. The monoisotopic (exact) mass is 429 g/mol. The molecule has 4 heterocycles. The molecule has 1 atom stereocenters. The number of halogens is 1. The molecule has 3 aromatic rings. The second-order valence-corrected chi connectivity index (χ2v) is 7.17. The van der Waals surface area contributed by atoms with E-state index in [9.17, 15) is 9.18 Å². The fourth-order valence-corrected chi connectivity index (χ4v) is 3.30. The smallest absolute Gasteiger partial charge is 0.246 e. The van der Waals surface area contributed by atoms with Crippen molar-refractivity contribution in [3.63, 3.8) is 0 Å². The van der Waals surface area contributed by atoms with Crippen molar-refractivity contribution in [3.05, 3.63) is 59.6 Å². The molecule has 0 aromatic carbocycles. The molecule has 0 unspecified atom stereocenters. The van der Waals surface area contributed by atoms with E-state index in [1.54, 1.807) is 17.1 Å². The van der Waals surface area contributed by atoms with Gasteiger partial charge in [0.2, 0.25) is 5.91 Å². The van der Waals surface area contributed by atoms with E-state index in [-0.39, 0.29) is 31.3 Å². The largest absolute Gasteiger partial charge is 0.366 e. The summed E-state index contributed by atoms with van der Waals surface area (Å²) in [5.41, 5.74) is 4.16. The second-order valence-electron chi connectivity index (χ2n) is 7.17. The molecule has 1 amide bonds. The van der Waals surface area contributed by atoms with Crippen molar-refractivity contribution < 1.29 is 9.18 Å². The minimum absolute atomic E-state index is 0. The van der Waals surface area contributed by atoms with E-state index in [0.29, 0.717) is 13.1 Å². The molecular formula is C20H24FN7OS. The van der Waals surface area contributed by atoms with Crippen LogP contribution in [0.5, 0.6) is 0 Å². The van der Waals surface area contributed by atoms with Gasteiger partial charge in [-0.2, -0.15) is 18.6 Å². The highest BCUT2D eigenvalue weighted by atomic mass is 32.1. The molecule has 10 heteroatoms. The van der Waals surface area contributed by atoms with Gasteiger partial charge >= 0.3 is 0 Å². The molecule has 4 rings (SSSR count). The van der Waals surface area contributed by atoms with Gasteiger partial charge in [0.1, 0.15) is 17.7 Å². The number of carbonyl (C=O) groups is 1. The van der Waals surface area contributed by atoms with Gasteiger partial charge < -0.3 is 15.5 Å². The van der Waals surface area contributed by atoms with Crippen molar-refractivity contribution >= 4 is 36.6 Å². The Kier molecular flexibility index (Phi) is 6.25. The lowest BCUT2D eigenvalue weighted by atomic mass is 10.1. The summed E-state index contributed by atoms with van der Waals surface area (Å²) in [5.74, 6) is 0.325. The van der Waals surface area contributed by atoms with Gasteiger partial charge in [-0.3, -0.25) is 14.5 Å². The van der Waals surface area contributed by atoms with Crippen molar-refractivity contribution in [2.75, 3.05) is 22.6 Å². The molecule has 1 aliphatic heterocycles. The maximum absolute atomic E-state index is 13.3. The number of pyridine rings is 2. The van der Waals surface area contributed by atoms with Crippen LogP contribution in [0, 0.1) is 12.7 Å². The number of anilines is 3. The first-order chi connectivity index (χ1) is 13.9. The molecule has 158 valence electrons. The van der Waals surface area contributed by atoms with E-state index in [1.165, 1.54) is 12.3 Å². The fraction of sp³-hybridized carbons (Fsp3) is 0.300. The van der Waals surface area contributed by atoms with E-state index in [1.807, 2.05) is 38.1 Å². The summed E-state index contributed by atoms with van der Waals surface area (Å²) >= 11 is 0. The minimum Gasteiger partial charge on any atom is -0.366 e. The Labute approximate surface area is 181 Å². The van der Waals surface area contributed by atoms with Crippen LogP contribution in [0.3, 0.4) is 0 Å². The van der Waals surface area contributed by atoms with Crippen LogP contribution in [0.25, 0.3) is 0 Å². The number of fused-ring (bicyclic) bond motifs is 1. The van der Waals surface area contributed by atoms with Gasteiger partial charge in [0.05, 0.1) is 36.0 Å². The van der Waals surface area contributed by atoms with Crippen LogP contribution in [-0.2, 0) is 17.9 Å². The molecule has 0 saturated carbocycles. The van der Waals surface area contributed by atoms with Crippen LogP contribution >= 0.6 is 13.5 Å². The van der Waals surface area contributed by atoms with Gasteiger partial charge in [0.15, 0.2) is 0 Å². The normalized spacial score (nSPS) is 15.3. The maximum Gasteiger partial charge on any atom is 0.246 e. The molecular weight excluding hydrogens is 405 g/mol. The van der Waals surface area contributed by atoms with Gasteiger partial charge in [-0.1, -0.05) is 0 Å². The number of aryl methyl sites for hydroxylation is 1. The predicted octanol–water partition coefficient (Wildman–Crippen LogP) is 2.67. The first kappa shape index (κ1) is 21.6. The Hall–Kier alpha value is -3.14. The summed E-state index contributed by atoms with van der Waals surface area (Å²) in [6.45, 7) is 4.73. The van der Waals surface area contributed by atoms with Gasteiger partial charge in [0, 0.05) is 37.6 Å². The highest BCUT2D eigenvalue weighted by Crippen LogP contribution is 2.34. The van der Waals surface area contributed by atoms with Crippen molar-refractivity contribution in [3.8, 4) is 0 Å². The molecule has 0 saturated heterocycles. The number of nitrogens with zero attached hydrogens (tertiary/aromatic N) is 5. The summed E-state index contributed by atoms with van der Waals surface area (Å²) in [7, 11) is 1.90. The second kappa shape index (κ2) is 8.70. The summed E-state index contributed by atoms with van der Waals surface area (Å²) in [4.78, 5) is 22.4. The number of likely N-dealkylation sites (N-methyl/N-ethyl adjacent to an activating group) is 1. The standard InChI is InChI=1S/C20H22FN7O.H2S/c1-12-19-17(27(3)13(2)20(29)26-19)5-18(25-12)23-7-15-8-24-28(11-15)10-14-4-16(21)9-22-6-14;/h4-6,8-9,11,13H,7,10H2,1-3H3,(H,23,25)(H,26,29);1H2/t13-;/m0./s1. The topological polar surface area (TPSA) is 88.0 Å². The van der Waals surface area contributed by atoms with Gasteiger partial charge in [-0.25, -0.2) is 9.37 Å². The van der Waals surface area contributed by atoms with Crippen molar-refractivity contribution in [2.24, 2.45) is 0 Å². The third-order valence-electron chi connectivity index (χ3n) is 5.03. The van der Waals surface area contributed by atoms with E-state index in [2.05, 4.69) is 25.7 Å². The first-order valence-electron chi connectivity index (χ1n) is 9.30. The highest BCUT2D eigenvalue weighted by molar-refractivity contribution is 7.59. The van der Waals surface area contributed by atoms with E-state index in [4.69, 9.17) is 0 Å². The highest BCUT2D eigenvalue weighted by Gasteiger charge is 2.28. The lowest BCUT2D eigenvalue weighted by molar-refractivity contribution is -0.117. The van der Waals surface area contributed by atoms with Crippen molar-refractivity contribution in [1.29, 1.82) is 0 Å². The van der Waals surface area contributed by atoms with Crippen molar-refractivity contribution in [2.45, 2.75) is 33.0 Å². The Morgan fingerprint density at radius 3 is 2.80 bits per heavy atom. The first-order valence-corrected chi connectivity index (χ1v) is 9.30. The summed E-state index contributed by atoms with van der Waals surface area (Å²) in [6.07, 6.45) is 6.47. The van der Waals surface area contributed by atoms with Crippen LogP contribution in [0.1, 0.15) is 23.7 Å². The molecule has 0 aliphatic carbocycles. The van der Waals surface area contributed by atoms with Crippen LogP contribution in [0.2, 0.25) is 0 Å². The van der Waals surface area contributed by atoms with Crippen LogP contribution in [0.4, 0.5) is 21.6 Å².